The molecule has 1 aliphatic carbocycles. The van der Waals surface area contributed by atoms with E-state index in [2.05, 4.69) is 15.9 Å². The largest absolute Gasteiger partial charge is 0.480 e. The quantitative estimate of drug-likeness (QED) is 0.888. The first-order chi connectivity index (χ1) is 6.40. The second-order valence-electron chi connectivity index (χ2n) is 4.37. The third-order valence-electron chi connectivity index (χ3n) is 3.10. The van der Waals surface area contributed by atoms with Gasteiger partial charge in [-0.25, -0.2) is 0 Å². The van der Waals surface area contributed by atoms with Crippen LogP contribution in [0.3, 0.4) is 0 Å². The van der Waals surface area contributed by atoms with Gasteiger partial charge in [0.2, 0.25) is 0 Å². The first-order valence-electron chi connectivity index (χ1n) is 4.39. The van der Waals surface area contributed by atoms with E-state index in [-0.39, 0.29) is 5.41 Å². The molecule has 76 valence electrons. The van der Waals surface area contributed by atoms with Crippen molar-refractivity contribution in [3.8, 4) is 0 Å². The molecule has 1 atom stereocenters. The second kappa shape index (κ2) is 2.63. The van der Waals surface area contributed by atoms with Gasteiger partial charge in [0.05, 0.1) is 0 Å². The third-order valence-corrected chi connectivity index (χ3v) is 3.52. The summed E-state index contributed by atoms with van der Waals surface area (Å²) in [6.45, 7) is 3.88. The first kappa shape index (κ1) is 9.77. The Morgan fingerprint density at radius 3 is 2.43 bits per heavy atom. The molecule has 1 saturated carbocycles. The summed E-state index contributed by atoms with van der Waals surface area (Å²) in [6.07, 6.45) is 0.634. The maximum absolute atomic E-state index is 11.2. The number of hydrogen-bond acceptors (Lipinski definition) is 2. The minimum absolute atomic E-state index is 0.212. The van der Waals surface area contributed by atoms with Gasteiger partial charge in [0.15, 0.2) is 4.67 Å². The van der Waals surface area contributed by atoms with Crippen LogP contribution in [0.25, 0.3) is 0 Å². The summed E-state index contributed by atoms with van der Waals surface area (Å²) in [5.41, 5.74) is -1.03. The summed E-state index contributed by atoms with van der Waals surface area (Å²) in [7, 11) is 0. The van der Waals surface area contributed by atoms with Crippen LogP contribution in [0.15, 0.2) is 21.2 Å². The lowest BCUT2D eigenvalue weighted by Gasteiger charge is -2.12. The Bertz CT molecular complexity index is 394. The van der Waals surface area contributed by atoms with Gasteiger partial charge in [0.25, 0.3) is 0 Å². The number of halogens is 1. The Hall–Kier alpha value is -0.770. The van der Waals surface area contributed by atoms with Gasteiger partial charge in [0, 0.05) is 0 Å². The van der Waals surface area contributed by atoms with Crippen LogP contribution in [0.5, 0.6) is 0 Å². The van der Waals surface area contributed by atoms with E-state index >= 15 is 0 Å². The van der Waals surface area contributed by atoms with Gasteiger partial charge in [-0.05, 0) is 39.9 Å². The third kappa shape index (κ3) is 1.06. The molecule has 3 nitrogen and oxygen atoms in total. The van der Waals surface area contributed by atoms with Crippen molar-refractivity contribution in [1.82, 2.24) is 0 Å². The Morgan fingerprint density at radius 1 is 1.57 bits per heavy atom. The number of hydrogen-bond donors (Lipinski definition) is 1. The van der Waals surface area contributed by atoms with E-state index < -0.39 is 11.4 Å². The topological polar surface area (TPSA) is 50.4 Å². The summed E-state index contributed by atoms with van der Waals surface area (Å²) in [6, 6.07) is 3.46. The second-order valence-corrected chi connectivity index (χ2v) is 5.16. The van der Waals surface area contributed by atoms with Gasteiger partial charge in [0.1, 0.15) is 11.2 Å². The molecule has 0 aromatic carbocycles. The minimum Gasteiger partial charge on any atom is -0.480 e. The maximum atomic E-state index is 11.2. The van der Waals surface area contributed by atoms with E-state index in [0.717, 1.165) is 0 Å². The van der Waals surface area contributed by atoms with E-state index in [4.69, 9.17) is 4.42 Å². The highest BCUT2D eigenvalue weighted by Gasteiger charge is 2.69. The smallest absolute Gasteiger partial charge is 0.317 e. The predicted octanol–water partition coefficient (Wildman–Crippen LogP) is 2.79. The molecular formula is C10H11BrO3. The molecule has 1 N–H and O–H groups in total. The fourth-order valence-electron chi connectivity index (χ4n) is 2.05. The van der Waals surface area contributed by atoms with E-state index in [1.54, 1.807) is 12.1 Å². The van der Waals surface area contributed by atoms with E-state index in [1.807, 2.05) is 13.8 Å². The first-order valence-corrected chi connectivity index (χ1v) is 5.19. The molecule has 1 heterocycles. The molecule has 1 unspecified atom stereocenters. The Morgan fingerprint density at radius 2 is 2.14 bits per heavy atom. The zero-order valence-corrected chi connectivity index (χ0v) is 9.59. The van der Waals surface area contributed by atoms with Crippen LogP contribution in [0.1, 0.15) is 26.0 Å². The molecule has 1 aromatic rings. The van der Waals surface area contributed by atoms with Crippen molar-refractivity contribution in [2.45, 2.75) is 25.7 Å². The van der Waals surface area contributed by atoms with Crippen molar-refractivity contribution in [3.63, 3.8) is 0 Å². The van der Waals surface area contributed by atoms with Crippen LogP contribution in [0.2, 0.25) is 0 Å². The zero-order chi connectivity index (χ0) is 10.6. The molecular weight excluding hydrogens is 248 g/mol. The number of carbonyl (C=O) groups is 1. The normalized spacial score (nSPS) is 28.8. The Labute approximate surface area is 90.2 Å². The van der Waals surface area contributed by atoms with Crippen LogP contribution in [-0.4, -0.2) is 11.1 Å². The van der Waals surface area contributed by atoms with Crippen LogP contribution < -0.4 is 0 Å². The van der Waals surface area contributed by atoms with Crippen molar-refractivity contribution in [1.29, 1.82) is 0 Å². The van der Waals surface area contributed by atoms with Gasteiger partial charge in [-0.15, -0.1) is 0 Å². The molecule has 1 aromatic heterocycles. The van der Waals surface area contributed by atoms with E-state index in [9.17, 15) is 9.90 Å². The van der Waals surface area contributed by atoms with E-state index in [0.29, 0.717) is 16.9 Å². The average molecular weight is 259 g/mol. The van der Waals surface area contributed by atoms with Crippen molar-refractivity contribution in [2.24, 2.45) is 5.41 Å². The standard InChI is InChI=1S/C10H11BrO3/c1-9(2)5-10(9,8(12)13)6-3-4-7(11)14-6/h3-4H,5H2,1-2H3,(H,12,13). The molecule has 0 saturated heterocycles. The number of carboxylic acids is 1. The summed E-state index contributed by atoms with van der Waals surface area (Å²) in [5.74, 6) is -0.258. The van der Waals surface area contributed by atoms with Gasteiger partial charge in [-0.3, -0.25) is 4.79 Å². The lowest BCUT2D eigenvalue weighted by Crippen LogP contribution is -2.24. The van der Waals surface area contributed by atoms with Crippen LogP contribution in [-0.2, 0) is 10.2 Å². The Balaban J connectivity index is 2.46. The number of aliphatic carboxylic acids is 1. The van der Waals surface area contributed by atoms with Gasteiger partial charge in [-0.2, -0.15) is 0 Å². The maximum Gasteiger partial charge on any atom is 0.317 e. The molecule has 1 fully saturated rings. The lowest BCUT2D eigenvalue weighted by molar-refractivity contribution is -0.141. The van der Waals surface area contributed by atoms with Crippen LogP contribution >= 0.6 is 15.9 Å². The highest BCUT2D eigenvalue weighted by Crippen LogP contribution is 2.64. The number of rotatable bonds is 2. The van der Waals surface area contributed by atoms with Gasteiger partial charge < -0.3 is 9.52 Å². The summed E-state index contributed by atoms with van der Waals surface area (Å²) in [5, 5.41) is 9.23. The van der Waals surface area contributed by atoms with Crippen molar-refractivity contribution in [3.05, 3.63) is 22.6 Å². The van der Waals surface area contributed by atoms with Crippen molar-refractivity contribution < 1.29 is 14.3 Å². The molecule has 4 heteroatoms. The number of furan rings is 1. The predicted molar refractivity (Wildman–Crippen MR) is 54.1 cm³/mol. The highest BCUT2D eigenvalue weighted by atomic mass is 79.9. The fraction of sp³-hybridized carbons (Fsp3) is 0.500. The van der Waals surface area contributed by atoms with Crippen LogP contribution in [0.4, 0.5) is 0 Å². The van der Waals surface area contributed by atoms with E-state index in [1.165, 1.54) is 0 Å². The zero-order valence-electron chi connectivity index (χ0n) is 8.00. The summed E-state index contributed by atoms with van der Waals surface area (Å²) >= 11 is 3.18. The lowest BCUT2D eigenvalue weighted by atomic mass is 9.93. The van der Waals surface area contributed by atoms with Crippen LogP contribution in [0, 0.1) is 5.41 Å². The minimum atomic E-state index is -0.820. The fourth-order valence-corrected chi connectivity index (χ4v) is 2.36. The molecule has 1 aliphatic rings. The highest BCUT2D eigenvalue weighted by molar-refractivity contribution is 9.10. The molecule has 0 amide bonds. The average Bonchev–Trinajstić information content (AvgIpc) is 2.44. The molecule has 0 aliphatic heterocycles. The SMILES string of the molecule is CC1(C)CC1(C(=O)O)c1ccc(Br)o1. The molecule has 14 heavy (non-hydrogen) atoms. The van der Waals surface area contributed by atoms with Crippen molar-refractivity contribution >= 4 is 21.9 Å². The summed E-state index contributed by atoms with van der Waals surface area (Å²) < 4.78 is 5.92. The summed E-state index contributed by atoms with van der Waals surface area (Å²) in [4.78, 5) is 11.2. The monoisotopic (exact) mass is 258 g/mol. The molecule has 0 bridgehead atoms. The molecule has 0 spiro atoms. The Kier molecular flexibility index (Phi) is 1.83. The van der Waals surface area contributed by atoms with Gasteiger partial charge in [-0.1, -0.05) is 13.8 Å². The van der Waals surface area contributed by atoms with Crippen molar-refractivity contribution in [2.75, 3.05) is 0 Å². The van der Waals surface area contributed by atoms with Gasteiger partial charge >= 0.3 is 5.97 Å². The molecule has 2 rings (SSSR count). The molecule has 0 radical (unpaired) electrons. The number of carboxylic acid groups (broad SMARTS) is 1.